The van der Waals surface area contributed by atoms with Crippen molar-refractivity contribution in [2.24, 2.45) is 0 Å². The first kappa shape index (κ1) is 13.0. The van der Waals surface area contributed by atoms with E-state index in [2.05, 4.69) is 17.4 Å². The molecule has 104 valence electrons. The Hall–Kier alpha value is -1.97. The summed E-state index contributed by atoms with van der Waals surface area (Å²) in [7, 11) is 0. The molecule has 0 aromatic heterocycles. The van der Waals surface area contributed by atoms with Gasteiger partial charge < -0.3 is 5.32 Å². The second-order valence-electron chi connectivity index (χ2n) is 5.11. The van der Waals surface area contributed by atoms with Gasteiger partial charge in [0.25, 0.3) is 0 Å². The highest BCUT2D eigenvalue weighted by atomic mass is 19.2. The molecule has 0 amide bonds. The molecule has 0 fully saturated rings. The van der Waals surface area contributed by atoms with E-state index in [0.29, 0.717) is 0 Å². The van der Waals surface area contributed by atoms with Gasteiger partial charge in [-0.15, -0.1) is 0 Å². The normalized spacial score (nSPS) is 17.6. The molecule has 1 atom stereocenters. The van der Waals surface area contributed by atoms with Crippen LogP contribution >= 0.6 is 0 Å². The maximum atomic E-state index is 13.2. The first-order chi connectivity index (χ1) is 9.63. The van der Waals surface area contributed by atoms with E-state index in [4.69, 9.17) is 0 Å². The highest BCUT2D eigenvalue weighted by molar-refractivity contribution is 5.46. The van der Waals surface area contributed by atoms with E-state index in [1.807, 2.05) is 12.1 Å². The fraction of sp³-hybridized carbons (Fsp3) is 0.250. The first-order valence-electron chi connectivity index (χ1n) is 6.61. The molecule has 0 radical (unpaired) electrons. The van der Waals surface area contributed by atoms with Crippen LogP contribution in [0.3, 0.4) is 0 Å². The van der Waals surface area contributed by atoms with Crippen LogP contribution in [-0.4, -0.2) is 6.04 Å². The summed E-state index contributed by atoms with van der Waals surface area (Å²) in [6.07, 6.45) is 2.62. The smallest absolute Gasteiger partial charge is 0.194 e. The highest BCUT2D eigenvalue weighted by Crippen LogP contribution is 2.25. The van der Waals surface area contributed by atoms with Crippen LogP contribution in [0.1, 0.15) is 17.5 Å². The molecule has 0 heterocycles. The molecule has 0 bridgehead atoms. The maximum Gasteiger partial charge on any atom is 0.194 e. The van der Waals surface area contributed by atoms with Gasteiger partial charge >= 0.3 is 0 Å². The zero-order chi connectivity index (χ0) is 14.1. The summed E-state index contributed by atoms with van der Waals surface area (Å²) in [6, 6.07) is 10.3. The number of nitrogens with one attached hydrogen (secondary N) is 1. The molecule has 0 saturated heterocycles. The largest absolute Gasteiger partial charge is 0.382 e. The third-order valence-electron chi connectivity index (χ3n) is 3.70. The lowest BCUT2D eigenvalue weighted by Crippen LogP contribution is -2.27. The zero-order valence-electron chi connectivity index (χ0n) is 10.8. The molecule has 1 nitrogen and oxygen atoms in total. The molecule has 4 heteroatoms. The van der Waals surface area contributed by atoms with Crippen LogP contribution in [-0.2, 0) is 12.8 Å². The second kappa shape index (κ2) is 5.19. The lowest BCUT2D eigenvalue weighted by molar-refractivity contribution is 0.447. The van der Waals surface area contributed by atoms with E-state index < -0.39 is 17.5 Å². The third kappa shape index (κ3) is 2.50. The SMILES string of the molecule is Fc1cc(NC2CCc3ccccc3C2)cc(F)c1F. The molecule has 2 aromatic rings. The quantitative estimate of drug-likeness (QED) is 0.816. The second-order valence-corrected chi connectivity index (χ2v) is 5.11. The van der Waals surface area contributed by atoms with Gasteiger partial charge in [-0.1, -0.05) is 24.3 Å². The zero-order valence-corrected chi connectivity index (χ0v) is 10.8. The summed E-state index contributed by atoms with van der Waals surface area (Å²) >= 11 is 0. The minimum absolute atomic E-state index is 0.106. The van der Waals surface area contributed by atoms with Gasteiger partial charge in [0.15, 0.2) is 17.5 Å². The summed E-state index contributed by atoms with van der Waals surface area (Å²) in [5.41, 5.74) is 2.85. The molecule has 1 aliphatic rings. The number of hydrogen-bond donors (Lipinski definition) is 1. The van der Waals surface area contributed by atoms with Crippen LogP contribution < -0.4 is 5.32 Å². The first-order valence-corrected chi connectivity index (χ1v) is 6.61. The Balaban J connectivity index is 1.77. The molecule has 0 aliphatic heterocycles. The molecular weight excluding hydrogens is 263 g/mol. The topological polar surface area (TPSA) is 12.0 Å². The summed E-state index contributed by atoms with van der Waals surface area (Å²) in [5, 5.41) is 3.08. The van der Waals surface area contributed by atoms with Gasteiger partial charge in [0.2, 0.25) is 0 Å². The van der Waals surface area contributed by atoms with Gasteiger partial charge in [-0.25, -0.2) is 13.2 Å². The van der Waals surface area contributed by atoms with Crippen LogP contribution in [0.2, 0.25) is 0 Å². The van der Waals surface area contributed by atoms with Crippen molar-refractivity contribution in [3.63, 3.8) is 0 Å². The average Bonchev–Trinajstić information content (AvgIpc) is 2.44. The van der Waals surface area contributed by atoms with E-state index in [1.165, 1.54) is 11.1 Å². The van der Waals surface area contributed by atoms with Crippen molar-refractivity contribution in [3.8, 4) is 0 Å². The fourth-order valence-corrected chi connectivity index (χ4v) is 2.70. The Labute approximate surface area is 115 Å². The number of halogens is 3. The van der Waals surface area contributed by atoms with Crippen molar-refractivity contribution in [2.45, 2.75) is 25.3 Å². The van der Waals surface area contributed by atoms with Crippen molar-refractivity contribution >= 4 is 5.69 Å². The van der Waals surface area contributed by atoms with Crippen LogP contribution in [0.5, 0.6) is 0 Å². The number of fused-ring (bicyclic) bond motifs is 1. The predicted molar refractivity (Wildman–Crippen MR) is 72.2 cm³/mol. The number of aryl methyl sites for hydroxylation is 1. The van der Waals surface area contributed by atoms with Crippen LogP contribution in [0, 0.1) is 17.5 Å². The van der Waals surface area contributed by atoms with Gasteiger partial charge in [0.05, 0.1) is 0 Å². The number of hydrogen-bond acceptors (Lipinski definition) is 1. The Morgan fingerprint density at radius 2 is 1.60 bits per heavy atom. The van der Waals surface area contributed by atoms with Crippen LogP contribution in [0.15, 0.2) is 36.4 Å². The molecule has 1 aliphatic carbocycles. The third-order valence-corrected chi connectivity index (χ3v) is 3.70. The Bertz CT molecular complexity index is 616. The lowest BCUT2D eigenvalue weighted by Gasteiger charge is -2.26. The van der Waals surface area contributed by atoms with Crippen molar-refractivity contribution in [2.75, 3.05) is 5.32 Å². The van der Waals surface area contributed by atoms with E-state index >= 15 is 0 Å². The Morgan fingerprint density at radius 3 is 2.30 bits per heavy atom. The van der Waals surface area contributed by atoms with E-state index in [-0.39, 0.29) is 11.7 Å². The van der Waals surface area contributed by atoms with Gasteiger partial charge in [0, 0.05) is 23.9 Å². The number of benzene rings is 2. The molecule has 0 spiro atoms. The lowest BCUT2D eigenvalue weighted by atomic mass is 9.88. The summed E-state index contributed by atoms with van der Waals surface area (Å²) in [6.45, 7) is 0. The highest BCUT2D eigenvalue weighted by Gasteiger charge is 2.19. The average molecular weight is 277 g/mol. The summed E-state index contributed by atoms with van der Waals surface area (Å²) in [5.74, 6) is -3.75. The Morgan fingerprint density at radius 1 is 0.950 bits per heavy atom. The predicted octanol–water partition coefficient (Wildman–Crippen LogP) is 4.07. The van der Waals surface area contributed by atoms with Crippen molar-refractivity contribution in [1.82, 2.24) is 0 Å². The van der Waals surface area contributed by atoms with E-state index in [0.717, 1.165) is 31.4 Å². The standard InChI is InChI=1S/C16H14F3N/c17-14-8-13(9-15(18)16(14)19)20-12-6-5-10-3-1-2-4-11(10)7-12/h1-4,8-9,12,20H,5-7H2. The Kier molecular flexibility index (Phi) is 3.38. The van der Waals surface area contributed by atoms with Gasteiger partial charge in [-0.3, -0.25) is 0 Å². The monoisotopic (exact) mass is 277 g/mol. The number of anilines is 1. The van der Waals surface area contributed by atoms with Crippen LogP contribution in [0.4, 0.5) is 18.9 Å². The minimum Gasteiger partial charge on any atom is -0.382 e. The summed E-state index contributed by atoms with van der Waals surface area (Å²) in [4.78, 5) is 0. The number of rotatable bonds is 2. The molecule has 3 rings (SSSR count). The molecule has 20 heavy (non-hydrogen) atoms. The molecule has 0 saturated carbocycles. The van der Waals surface area contributed by atoms with Gasteiger partial charge in [0.1, 0.15) is 0 Å². The van der Waals surface area contributed by atoms with Crippen molar-refractivity contribution in [3.05, 3.63) is 65.0 Å². The fourth-order valence-electron chi connectivity index (χ4n) is 2.70. The van der Waals surface area contributed by atoms with Gasteiger partial charge in [-0.2, -0.15) is 0 Å². The maximum absolute atomic E-state index is 13.2. The molecule has 2 aromatic carbocycles. The molecular formula is C16H14F3N. The van der Waals surface area contributed by atoms with E-state index in [9.17, 15) is 13.2 Å². The van der Waals surface area contributed by atoms with E-state index in [1.54, 1.807) is 0 Å². The molecule has 1 unspecified atom stereocenters. The van der Waals surface area contributed by atoms with Crippen LogP contribution in [0.25, 0.3) is 0 Å². The van der Waals surface area contributed by atoms with Crippen molar-refractivity contribution in [1.29, 1.82) is 0 Å². The van der Waals surface area contributed by atoms with Crippen molar-refractivity contribution < 1.29 is 13.2 Å². The summed E-state index contributed by atoms with van der Waals surface area (Å²) < 4.78 is 39.3. The minimum atomic E-state index is -1.43. The molecule has 1 N–H and O–H groups in total. The van der Waals surface area contributed by atoms with Gasteiger partial charge in [-0.05, 0) is 30.4 Å².